The molecule has 2 heterocycles. The number of primary amides is 1. The van der Waals surface area contributed by atoms with Gasteiger partial charge in [-0.15, -0.1) is 0 Å². The number of aromatic nitrogens is 3. The third-order valence-electron chi connectivity index (χ3n) is 4.33. The van der Waals surface area contributed by atoms with Crippen LogP contribution in [0.4, 0.5) is 0 Å². The predicted molar refractivity (Wildman–Crippen MR) is 89.3 cm³/mol. The van der Waals surface area contributed by atoms with E-state index in [1.54, 1.807) is 19.2 Å². The standard InChI is InChI=1S/C18H18N4O2/c1-24-15-9-8-14(10-11-2-4-12(5-3-11)16(19)23)22-18(15)20-17(21-22)13-6-7-13/h2-5,8-9,13H,6-7,10H2,1H3,(H2,19,23). The molecule has 1 aliphatic carbocycles. The molecule has 2 N–H and O–H groups in total. The summed E-state index contributed by atoms with van der Waals surface area (Å²) in [6.45, 7) is 0. The van der Waals surface area contributed by atoms with Gasteiger partial charge in [-0.2, -0.15) is 5.10 Å². The molecule has 0 atom stereocenters. The first kappa shape index (κ1) is 14.7. The molecule has 122 valence electrons. The van der Waals surface area contributed by atoms with E-state index in [1.165, 1.54) is 0 Å². The number of nitrogens with two attached hydrogens (primary N) is 1. The Labute approximate surface area is 139 Å². The minimum Gasteiger partial charge on any atom is -0.493 e. The van der Waals surface area contributed by atoms with Crippen LogP contribution in [0.2, 0.25) is 0 Å². The van der Waals surface area contributed by atoms with Crippen molar-refractivity contribution in [1.82, 2.24) is 14.6 Å². The second kappa shape index (κ2) is 5.63. The zero-order chi connectivity index (χ0) is 16.7. The largest absolute Gasteiger partial charge is 0.493 e. The maximum absolute atomic E-state index is 11.2. The van der Waals surface area contributed by atoms with Gasteiger partial charge in [-0.25, -0.2) is 9.50 Å². The van der Waals surface area contributed by atoms with Crippen LogP contribution in [0, 0.1) is 0 Å². The monoisotopic (exact) mass is 322 g/mol. The lowest BCUT2D eigenvalue weighted by atomic mass is 10.1. The molecule has 0 bridgehead atoms. The maximum atomic E-state index is 11.2. The topological polar surface area (TPSA) is 82.5 Å². The molecule has 1 amide bonds. The number of fused-ring (bicyclic) bond motifs is 1. The van der Waals surface area contributed by atoms with Gasteiger partial charge in [0, 0.05) is 23.6 Å². The molecular weight excluding hydrogens is 304 g/mol. The first-order valence-corrected chi connectivity index (χ1v) is 7.97. The van der Waals surface area contributed by atoms with Crippen molar-refractivity contribution < 1.29 is 9.53 Å². The van der Waals surface area contributed by atoms with Crippen LogP contribution in [-0.4, -0.2) is 27.6 Å². The molecule has 3 aromatic rings. The summed E-state index contributed by atoms with van der Waals surface area (Å²) in [5, 5.41) is 4.68. The summed E-state index contributed by atoms with van der Waals surface area (Å²) >= 11 is 0. The Hall–Kier alpha value is -2.89. The van der Waals surface area contributed by atoms with E-state index in [0.29, 0.717) is 17.9 Å². The van der Waals surface area contributed by atoms with Crippen LogP contribution >= 0.6 is 0 Å². The minimum absolute atomic E-state index is 0.418. The highest BCUT2D eigenvalue weighted by atomic mass is 16.5. The van der Waals surface area contributed by atoms with E-state index in [9.17, 15) is 4.79 Å². The van der Waals surface area contributed by atoms with Crippen LogP contribution in [0.5, 0.6) is 5.75 Å². The number of carbonyl (C=O) groups excluding carboxylic acids is 1. The fourth-order valence-electron chi connectivity index (χ4n) is 2.81. The third-order valence-corrected chi connectivity index (χ3v) is 4.33. The number of ether oxygens (including phenoxy) is 1. The van der Waals surface area contributed by atoms with E-state index in [2.05, 4.69) is 10.1 Å². The first-order chi connectivity index (χ1) is 11.7. The molecule has 1 saturated carbocycles. The van der Waals surface area contributed by atoms with Crippen molar-refractivity contribution in [2.24, 2.45) is 5.73 Å². The van der Waals surface area contributed by atoms with E-state index in [0.717, 1.165) is 41.3 Å². The number of hydrogen-bond donors (Lipinski definition) is 1. The Morgan fingerprint density at radius 1 is 1.25 bits per heavy atom. The minimum atomic E-state index is -0.418. The second-order valence-electron chi connectivity index (χ2n) is 6.11. The smallest absolute Gasteiger partial charge is 0.248 e. The summed E-state index contributed by atoms with van der Waals surface area (Å²) in [4.78, 5) is 15.8. The van der Waals surface area contributed by atoms with Crippen molar-refractivity contribution in [2.45, 2.75) is 25.2 Å². The number of carbonyl (C=O) groups is 1. The van der Waals surface area contributed by atoms with Crippen molar-refractivity contribution >= 4 is 11.6 Å². The second-order valence-corrected chi connectivity index (χ2v) is 6.11. The van der Waals surface area contributed by atoms with Crippen molar-refractivity contribution in [2.75, 3.05) is 7.11 Å². The van der Waals surface area contributed by atoms with Gasteiger partial charge in [0.05, 0.1) is 7.11 Å². The van der Waals surface area contributed by atoms with Crippen molar-refractivity contribution in [3.63, 3.8) is 0 Å². The first-order valence-electron chi connectivity index (χ1n) is 7.97. The van der Waals surface area contributed by atoms with Gasteiger partial charge in [-0.1, -0.05) is 12.1 Å². The quantitative estimate of drug-likeness (QED) is 0.781. The normalized spacial score (nSPS) is 14.0. The number of amides is 1. The summed E-state index contributed by atoms with van der Waals surface area (Å²) in [5.74, 6) is 1.68. The Balaban J connectivity index is 1.71. The zero-order valence-corrected chi connectivity index (χ0v) is 13.4. The van der Waals surface area contributed by atoms with E-state index in [4.69, 9.17) is 10.5 Å². The van der Waals surface area contributed by atoms with E-state index >= 15 is 0 Å². The molecule has 0 radical (unpaired) electrons. The fourth-order valence-corrected chi connectivity index (χ4v) is 2.81. The maximum Gasteiger partial charge on any atom is 0.248 e. The van der Waals surface area contributed by atoms with Gasteiger partial charge in [0.2, 0.25) is 5.91 Å². The SMILES string of the molecule is COc1ccc(Cc2ccc(C(N)=O)cc2)n2nc(C3CC3)nc12. The lowest BCUT2D eigenvalue weighted by molar-refractivity contribution is 0.100. The molecular formula is C18H18N4O2. The Bertz CT molecular complexity index is 911. The number of nitrogens with zero attached hydrogens (tertiary/aromatic N) is 3. The molecule has 1 aliphatic rings. The number of rotatable bonds is 5. The van der Waals surface area contributed by atoms with Gasteiger partial charge in [-0.3, -0.25) is 4.79 Å². The lowest BCUT2D eigenvalue weighted by Gasteiger charge is -2.07. The third kappa shape index (κ3) is 2.60. The Morgan fingerprint density at radius 3 is 2.62 bits per heavy atom. The predicted octanol–water partition coefficient (Wildman–Crippen LogP) is 2.31. The summed E-state index contributed by atoms with van der Waals surface area (Å²) in [7, 11) is 1.64. The molecule has 0 saturated heterocycles. The Kier molecular flexibility index (Phi) is 3.45. The van der Waals surface area contributed by atoms with E-state index in [-0.39, 0.29) is 0 Å². The van der Waals surface area contributed by atoms with E-state index < -0.39 is 5.91 Å². The molecule has 1 aromatic carbocycles. The molecule has 0 unspecified atom stereocenters. The zero-order valence-electron chi connectivity index (χ0n) is 13.4. The molecule has 2 aromatic heterocycles. The van der Waals surface area contributed by atoms with Gasteiger partial charge in [0.1, 0.15) is 0 Å². The van der Waals surface area contributed by atoms with Gasteiger partial charge in [-0.05, 0) is 42.7 Å². The molecule has 0 aliphatic heterocycles. The highest BCUT2D eigenvalue weighted by Gasteiger charge is 2.29. The molecule has 4 rings (SSSR count). The lowest BCUT2D eigenvalue weighted by Crippen LogP contribution is -2.10. The fraction of sp³-hybridized carbons (Fsp3) is 0.278. The van der Waals surface area contributed by atoms with Crippen molar-refractivity contribution in [1.29, 1.82) is 0 Å². The van der Waals surface area contributed by atoms with Crippen LogP contribution in [0.25, 0.3) is 5.65 Å². The van der Waals surface area contributed by atoms with Gasteiger partial charge in [0.25, 0.3) is 0 Å². The Morgan fingerprint density at radius 2 is 2.00 bits per heavy atom. The van der Waals surface area contributed by atoms with Gasteiger partial charge in [0.15, 0.2) is 17.2 Å². The average molecular weight is 322 g/mol. The highest BCUT2D eigenvalue weighted by Crippen LogP contribution is 2.39. The summed E-state index contributed by atoms with van der Waals surface area (Å²) in [5.41, 5.74) is 8.65. The van der Waals surface area contributed by atoms with Crippen molar-refractivity contribution in [3.8, 4) is 5.75 Å². The molecule has 24 heavy (non-hydrogen) atoms. The summed E-state index contributed by atoms with van der Waals surface area (Å²) in [6.07, 6.45) is 3.00. The number of pyridine rings is 1. The molecule has 1 fully saturated rings. The van der Waals surface area contributed by atoms with Crippen LogP contribution in [0.1, 0.15) is 46.2 Å². The molecule has 6 nitrogen and oxygen atoms in total. The average Bonchev–Trinajstić information content (AvgIpc) is 3.34. The summed E-state index contributed by atoms with van der Waals surface area (Å²) in [6, 6.07) is 11.2. The number of hydrogen-bond acceptors (Lipinski definition) is 4. The molecule has 6 heteroatoms. The number of methoxy groups -OCH3 is 1. The molecule has 0 spiro atoms. The van der Waals surface area contributed by atoms with Crippen LogP contribution in [0.15, 0.2) is 36.4 Å². The van der Waals surface area contributed by atoms with Crippen LogP contribution in [0.3, 0.4) is 0 Å². The van der Waals surface area contributed by atoms with Crippen LogP contribution < -0.4 is 10.5 Å². The number of benzene rings is 1. The van der Waals surface area contributed by atoms with Crippen molar-refractivity contribution in [3.05, 3.63) is 59.0 Å². The van der Waals surface area contributed by atoms with Crippen LogP contribution in [-0.2, 0) is 6.42 Å². The highest BCUT2D eigenvalue weighted by molar-refractivity contribution is 5.92. The summed E-state index contributed by atoms with van der Waals surface area (Å²) < 4.78 is 7.28. The van der Waals surface area contributed by atoms with E-state index in [1.807, 2.05) is 28.8 Å². The van der Waals surface area contributed by atoms with Gasteiger partial charge >= 0.3 is 0 Å². The van der Waals surface area contributed by atoms with Gasteiger partial charge < -0.3 is 10.5 Å².